The minimum atomic E-state index is -0.625. The Morgan fingerprint density at radius 2 is 1.97 bits per heavy atom. The van der Waals surface area contributed by atoms with Crippen LogP contribution >= 0.6 is 11.6 Å². The van der Waals surface area contributed by atoms with Crippen molar-refractivity contribution in [2.75, 3.05) is 13.2 Å². The number of hydrogen-bond donors (Lipinski definition) is 2. The molecule has 0 amide bonds. The Hall–Kier alpha value is -2.39. The van der Waals surface area contributed by atoms with Gasteiger partial charge in [0, 0.05) is 0 Å². The first kappa shape index (κ1) is 18.4. The van der Waals surface area contributed by atoms with Crippen molar-refractivity contribution in [2.24, 2.45) is 0 Å². The van der Waals surface area contributed by atoms with E-state index < -0.39 is 6.10 Å². The number of aliphatic hydroxyl groups excluding tert-OH is 1. The maximum atomic E-state index is 9.87. The van der Waals surface area contributed by atoms with Crippen LogP contribution in [0.3, 0.4) is 0 Å². The standard InChI is InChI=1S/C21H20ClN3O5/c22-12-7-13-19(24-20(12)29-15-6-5-10-3-1-2-4-11(10)15)25-21(23-13)30-16-9-28-17-14(26)8-27-18(16)17/h1-4,7,14-18,26H,5-6,8-9H2,(H,23,24,25)/t14-,15+,16-,17?,18-/m1/s1. The van der Waals surface area contributed by atoms with Gasteiger partial charge in [0.05, 0.1) is 18.7 Å². The molecule has 2 aliphatic heterocycles. The lowest BCUT2D eigenvalue weighted by Gasteiger charge is -2.15. The number of aryl methyl sites for hydroxylation is 1. The summed E-state index contributed by atoms with van der Waals surface area (Å²) in [7, 11) is 0. The van der Waals surface area contributed by atoms with Gasteiger partial charge in [-0.25, -0.2) is 0 Å². The number of aromatic nitrogens is 3. The van der Waals surface area contributed by atoms with Crippen LogP contribution in [0.4, 0.5) is 0 Å². The van der Waals surface area contributed by atoms with E-state index in [0.29, 0.717) is 34.7 Å². The fourth-order valence-electron chi connectivity index (χ4n) is 4.48. The quantitative estimate of drug-likeness (QED) is 0.657. The topological polar surface area (TPSA) is 98.7 Å². The molecule has 9 heteroatoms. The summed E-state index contributed by atoms with van der Waals surface area (Å²) < 4.78 is 23.3. The Morgan fingerprint density at radius 1 is 1.10 bits per heavy atom. The van der Waals surface area contributed by atoms with E-state index >= 15 is 0 Å². The molecule has 2 aromatic heterocycles. The van der Waals surface area contributed by atoms with Gasteiger partial charge in [0.1, 0.15) is 29.4 Å². The van der Waals surface area contributed by atoms with Crippen LogP contribution in [0.25, 0.3) is 11.2 Å². The first-order valence-corrected chi connectivity index (χ1v) is 10.4. The number of benzene rings is 1. The molecule has 6 rings (SSSR count). The summed E-state index contributed by atoms with van der Waals surface area (Å²) in [6.45, 7) is 0.574. The van der Waals surface area contributed by atoms with Gasteiger partial charge in [-0.2, -0.15) is 9.97 Å². The number of nitrogens with zero attached hydrogens (tertiary/aromatic N) is 2. The van der Waals surface area contributed by atoms with Gasteiger partial charge in [0.2, 0.25) is 5.88 Å². The summed E-state index contributed by atoms with van der Waals surface area (Å²) >= 11 is 6.43. The van der Waals surface area contributed by atoms with Crippen LogP contribution in [-0.2, 0) is 15.9 Å². The first-order valence-electron chi connectivity index (χ1n) is 10.0. The average molecular weight is 430 g/mol. The number of fused-ring (bicyclic) bond motifs is 3. The molecule has 0 saturated carbocycles. The zero-order chi connectivity index (χ0) is 20.2. The number of H-pyrrole nitrogens is 1. The summed E-state index contributed by atoms with van der Waals surface area (Å²) in [6, 6.07) is 10.3. The number of hydrogen-bond acceptors (Lipinski definition) is 7. The molecule has 30 heavy (non-hydrogen) atoms. The minimum absolute atomic E-state index is 0.0724. The fourth-order valence-corrected chi connectivity index (χ4v) is 4.68. The van der Waals surface area contributed by atoms with Gasteiger partial charge < -0.3 is 29.0 Å². The number of aliphatic hydroxyl groups is 1. The number of nitrogens with one attached hydrogen (secondary N) is 1. The monoisotopic (exact) mass is 429 g/mol. The van der Waals surface area contributed by atoms with Crippen LogP contribution in [0.1, 0.15) is 23.7 Å². The fraction of sp³-hybridized carbons (Fsp3) is 0.429. The van der Waals surface area contributed by atoms with Gasteiger partial charge in [0.15, 0.2) is 11.8 Å². The smallest absolute Gasteiger partial charge is 0.296 e. The van der Waals surface area contributed by atoms with E-state index in [1.807, 2.05) is 12.1 Å². The van der Waals surface area contributed by atoms with Gasteiger partial charge in [-0.1, -0.05) is 35.9 Å². The molecule has 3 aromatic rings. The van der Waals surface area contributed by atoms with Gasteiger partial charge in [0.25, 0.3) is 6.01 Å². The van der Waals surface area contributed by atoms with Crippen molar-refractivity contribution in [3.05, 3.63) is 46.5 Å². The van der Waals surface area contributed by atoms with Gasteiger partial charge in [-0.15, -0.1) is 0 Å². The lowest BCUT2D eigenvalue weighted by molar-refractivity contribution is 0.00706. The molecule has 0 bridgehead atoms. The second-order valence-corrected chi connectivity index (χ2v) is 8.26. The third kappa shape index (κ3) is 3.02. The van der Waals surface area contributed by atoms with Gasteiger partial charge in [-0.3, -0.25) is 0 Å². The third-order valence-corrected chi connectivity index (χ3v) is 6.22. The van der Waals surface area contributed by atoms with Crippen LogP contribution in [0, 0.1) is 0 Å². The molecule has 0 radical (unpaired) electrons. The van der Waals surface area contributed by atoms with Crippen molar-refractivity contribution < 1.29 is 24.1 Å². The largest absolute Gasteiger partial charge is 0.468 e. The summed E-state index contributed by atoms with van der Waals surface area (Å²) in [5.41, 5.74) is 3.58. The molecule has 5 atom stereocenters. The lowest BCUT2D eigenvalue weighted by Crippen LogP contribution is -2.34. The van der Waals surface area contributed by atoms with E-state index in [9.17, 15) is 5.11 Å². The number of halogens is 1. The molecule has 2 saturated heterocycles. The summed E-state index contributed by atoms with van der Waals surface area (Å²) in [6.07, 6.45) is 0.141. The molecular formula is C21H20ClN3O5. The number of rotatable bonds is 4. The van der Waals surface area contributed by atoms with Crippen LogP contribution in [0.5, 0.6) is 11.9 Å². The molecule has 0 spiro atoms. The van der Waals surface area contributed by atoms with Crippen molar-refractivity contribution in [1.82, 2.24) is 15.0 Å². The maximum Gasteiger partial charge on any atom is 0.296 e. The Kier molecular flexibility index (Phi) is 4.35. The minimum Gasteiger partial charge on any atom is -0.468 e. The Bertz CT molecular complexity index is 1110. The van der Waals surface area contributed by atoms with Gasteiger partial charge in [-0.05, 0) is 30.0 Å². The molecule has 2 N–H and O–H groups in total. The SMILES string of the molecule is O[C@@H]1CO[C@H]2C1OC[C@H]2Oc1nc2nc(O[C@H]3CCc4ccccc43)c(Cl)cc2[nH]1. The zero-order valence-corrected chi connectivity index (χ0v) is 16.7. The molecule has 8 nitrogen and oxygen atoms in total. The number of ether oxygens (including phenoxy) is 4. The summed E-state index contributed by atoms with van der Waals surface area (Å²) in [4.78, 5) is 12.0. The lowest BCUT2D eigenvalue weighted by atomic mass is 10.1. The Morgan fingerprint density at radius 3 is 2.90 bits per heavy atom. The zero-order valence-electron chi connectivity index (χ0n) is 16.0. The second-order valence-electron chi connectivity index (χ2n) is 7.85. The van der Waals surface area contributed by atoms with Crippen LogP contribution < -0.4 is 9.47 Å². The van der Waals surface area contributed by atoms with E-state index in [0.717, 1.165) is 12.8 Å². The molecule has 1 unspecified atom stereocenters. The summed E-state index contributed by atoms with van der Waals surface area (Å²) in [5.74, 6) is 0.357. The van der Waals surface area contributed by atoms with Crippen molar-refractivity contribution in [3.8, 4) is 11.9 Å². The van der Waals surface area contributed by atoms with E-state index in [1.54, 1.807) is 6.07 Å². The predicted molar refractivity (Wildman–Crippen MR) is 107 cm³/mol. The molecule has 2 fully saturated rings. The maximum absolute atomic E-state index is 9.87. The van der Waals surface area contributed by atoms with Crippen molar-refractivity contribution in [1.29, 1.82) is 0 Å². The van der Waals surface area contributed by atoms with E-state index in [2.05, 4.69) is 27.1 Å². The highest BCUT2D eigenvalue weighted by molar-refractivity contribution is 6.32. The molecule has 4 heterocycles. The highest BCUT2D eigenvalue weighted by atomic mass is 35.5. The first-order chi connectivity index (χ1) is 14.7. The number of pyridine rings is 1. The van der Waals surface area contributed by atoms with Gasteiger partial charge >= 0.3 is 0 Å². The molecule has 1 aliphatic carbocycles. The Balaban J connectivity index is 1.23. The second kappa shape index (κ2) is 7.09. The van der Waals surface area contributed by atoms with Crippen molar-refractivity contribution in [2.45, 2.75) is 43.4 Å². The van der Waals surface area contributed by atoms with Crippen LogP contribution in [0.15, 0.2) is 30.3 Å². The third-order valence-electron chi connectivity index (χ3n) is 5.95. The Labute approximate surface area is 177 Å². The highest BCUT2D eigenvalue weighted by Crippen LogP contribution is 2.37. The van der Waals surface area contributed by atoms with Crippen LogP contribution in [0.2, 0.25) is 5.02 Å². The van der Waals surface area contributed by atoms with Crippen molar-refractivity contribution in [3.63, 3.8) is 0 Å². The molecule has 3 aliphatic rings. The average Bonchev–Trinajstić information content (AvgIpc) is 3.49. The van der Waals surface area contributed by atoms with E-state index in [4.69, 9.17) is 30.5 Å². The number of imidazole rings is 1. The summed E-state index contributed by atoms with van der Waals surface area (Å²) in [5, 5.41) is 10.3. The van der Waals surface area contributed by atoms with Crippen LogP contribution in [-0.4, -0.2) is 57.7 Å². The normalized spacial score (nSPS) is 29.9. The highest BCUT2D eigenvalue weighted by Gasteiger charge is 2.48. The number of aromatic amines is 1. The molecule has 156 valence electrons. The van der Waals surface area contributed by atoms with Crippen molar-refractivity contribution >= 4 is 22.8 Å². The van der Waals surface area contributed by atoms with E-state index in [-0.39, 0.29) is 31.0 Å². The molecule has 1 aromatic carbocycles. The molecular weight excluding hydrogens is 410 g/mol. The predicted octanol–water partition coefficient (Wildman–Crippen LogP) is 2.58. The van der Waals surface area contributed by atoms with E-state index in [1.165, 1.54) is 11.1 Å².